The fourth-order valence-electron chi connectivity index (χ4n) is 2.67. The number of morpholine rings is 1. The smallest absolute Gasteiger partial charge is 0.317 e. The van der Waals surface area contributed by atoms with Crippen LogP contribution in [0.1, 0.15) is 17.2 Å². The van der Waals surface area contributed by atoms with Crippen molar-refractivity contribution < 1.29 is 14.3 Å². The van der Waals surface area contributed by atoms with Gasteiger partial charge in [-0.15, -0.1) is 0 Å². The Kier molecular flexibility index (Phi) is 5.73. The first-order valence-electron chi connectivity index (χ1n) is 8.04. The topological polar surface area (TPSA) is 63.7 Å². The highest BCUT2D eigenvalue weighted by Gasteiger charge is 2.25. The molecular formula is C18H20ClN3O3. The number of hydrogen-bond donors (Lipinski definition) is 1. The molecule has 0 spiro atoms. The van der Waals surface area contributed by atoms with Crippen LogP contribution in [0, 0.1) is 0 Å². The first-order chi connectivity index (χ1) is 12.2. The zero-order valence-electron chi connectivity index (χ0n) is 13.9. The van der Waals surface area contributed by atoms with Gasteiger partial charge in [-0.3, -0.25) is 0 Å². The van der Waals surface area contributed by atoms with Crippen molar-refractivity contribution in [1.82, 2.24) is 15.2 Å². The number of nitrogens with one attached hydrogen (secondary N) is 1. The van der Waals surface area contributed by atoms with Crippen LogP contribution in [0.2, 0.25) is 5.02 Å². The maximum Gasteiger partial charge on any atom is 0.317 e. The van der Waals surface area contributed by atoms with Crippen LogP contribution < -0.4 is 10.1 Å². The number of aromatic nitrogens is 1. The second-order valence-corrected chi connectivity index (χ2v) is 6.16. The molecule has 2 heterocycles. The first kappa shape index (κ1) is 17.5. The molecular weight excluding hydrogens is 342 g/mol. The van der Waals surface area contributed by atoms with Crippen LogP contribution in [0.3, 0.4) is 0 Å². The van der Waals surface area contributed by atoms with Crippen LogP contribution in [0.25, 0.3) is 0 Å². The summed E-state index contributed by atoms with van der Waals surface area (Å²) in [6.07, 6.45) is 1.52. The third kappa shape index (κ3) is 4.61. The number of carbonyl (C=O) groups excluding carboxylic acids is 1. The van der Waals surface area contributed by atoms with Crippen molar-refractivity contribution >= 4 is 17.6 Å². The monoisotopic (exact) mass is 361 g/mol. The van der Waals surface area contributed by atoms with E-state index in [-0.39, 0.29) is 12.1 Å². The van der Waals surface area contributed by atoms with Gasteiger partial charge in [0.25, 0.3) is 0 Å². The molecule has 1 atom stereocenters. The second-order valence-electron chi connectivity index (χ2n) is 5.72. The third-order valence-electron chi connectivity index (χ3n) is 4.05. The molecule has 7 heteroatoms. The summed E-state index contributed by atoms with van der Waals surface area (Å²) < 4.78 is 10.9. The molecule has 6 nitrogen and oxygen atoms in total. The largest absolute Gasteiger partial charge is 0.481 e. The standard InChI is InChI=1S/C18H20ClN3O3/c1-24-17-10-13(6-7-20-17)11-21-18(23)22-8-9-25-16(12-22)14-2-4-15(19)5-3-14/h2-7,10,16H,8-9,11-12H2,1H3,(H,21,23). The summed E-state index contributed by atoms with van der Waals surface area (Å²) >= 11 is 5.92. The van der Waals surface area contributed by atoms with E-state index in [0.717, 1.165) is 11.1 Å². The van der Waals surface area contributed by atoms with Crippen LogP contribution in [-0.2, 0) is 11.3 Å². The zero-order chi connectivity index (χ0) is 17.6. The van der Waals surface area contributed by atoms with Crippen molar-refractivity contribution in [2.24, 2.45) is 0 Å². The lowest BCUT2D eigenvalue weighted by Crippen LogP contribution is -2.46. The number of rotatable bonds is 4. The molecule has 1 aromatic heterocycles. The number of hydrogen-bond acceptors (Lipinski definition) is 4. The Morgan fingerprint density at radius 3 is 2.96 bits per heavy atom. The molecule has 1 N–H and O–H groups in total. The Balaban J connectivity index is 1.57. The zero-order valence-corrected chi connectivity index (χ0v) is 14.7. The minimum atomic E-state index is -0.141. The van der Waals surface area contributed by atoms with E-state index in [2.05, 4.69) is 10.3 Å². The molecule has 25 heavy (non-hydrogen) atoms. The molecule has 0 radical (unpaired) electrons. The average molecular weight is 362 g/mol. The van der Waals surface area contributed by atoms with Gasteiger partial charge >= 0.3 is 6.03 Å². The van der Waals surface area contributed by atoms with E-state index in [1.165, 1.54) is 0 Å². The molecule has 3 rings (SSSR count). The summed E-state index contributed by atoms with van der Waals surface area (Å²) in [6.45, 7) is 1.99. The summed E-state index contributed by atoms with van der Waals surface area (Å²) in [5, 5.41) is 3.61. The number of methoxy groups -OCH3 is 1. The van der Waals surface area contributed by atoms with Gasteiger partial charge in [0.1, 0.15) is 6.10 Å². The number of urea groups is 1. The number of benzene rings is 1. The Labute approximate surface area is 151 Å². The molecule has 0 bridgehead atoms. The molecule has 0 saturated carbocycles. The maximum atomic E-state index is 12.4. The molecule has 2 amide bonds. The van der Waals surface area contributed by atoms with E-state index in [4.69, 9.17) is 21.1 Å². The van der Waals surface area contributed by atoms with Crippen LogP contribution in [0.5, 0.6) is 5.88 Å². The van der Waals surface area contributed by atoms with Crippen molar-refractivity contribution in [2.75, 3.05) is 26.8 Å². The summed E-state index contributed by atoms with van der Waals surface area (Å²) in [5.41, 5.74) is 1.95. The third-order valence-corrected chi connectivity index (χ3v) is 4.30. The summed E-state index contributed by atoms with van der Waals surface area (Å²) in [7, 11) is 1.56. The van der Waals surface area contributed by atoms with Gasteiger partial charge in [0, 0.05) is 30.4 Å². The second kappa shape index (κ2) is 8.18. The SMILES string of the molecule is COc1cc(CNC(=O)N2CCOC(c3ccc(Cl)cc3)C2)ccn1. The molecule has 1 fully saturated rings. The summed E-state index contributed by atoms with van der Waals surface area (Å²) in [5.74, 6) is 0.529. The molecule has 2 aromatic rings. The number of ether oxygens (including phenoxy) is 2. The van der Waals surface area contributed by atoms with Gasteiger partial charge < -0.3 is 19.7 Å². The summed E-state index contributed by atoms with van der Waals surface area (Å²) in [6, 6.07) is 11.0. The summed E-state index contributed by atoms with van der Waals surface area (Å²) in [4.78, 5) is 18.3. The minimum absolute atomic E-state index is 0.113. The predicted molar refractivity (Wildman–Crippen MR) is 94.7 cm³/mol. The van der Waals surface area contributed by atoms with E-state index < -0.39 is 0 Å². The number of carbonyl (C=O) groups is 1. The van der Waals surface area contributed by atoms with Crippen LogP contribution in [0.15, 0.2) is 42.6 Å². The van der Waals surface area contributed by atoms with E-state index in [1.54, 1.807) is 24.3 Å². The number of halogens is 1. The average Bonchev–Trinajstić information content (AvgIpc) is 2.67. The first-order valence-corrected chi connectivity index (χ1v) is 8.42. The van der Waals surface area contributed by atoms with Crippen molar-refractivity contribution in [3.63, 3.8) is 0 Å². The minimum Gasteiger partial charge on any atom is -0.481 e. The van der Waals surface area contributed by atoms with Gasteiger partial charge in [-0.25, -0.2) is 9.78 Å². The number of amides is 2. The van der Waals surface area contributed by atoms with Crippen molar-refractivity contribution in [1.29, 1.82) is 0 Å². The normalized spacial score (nSPS) is 17.2. The van der Waals surface area contributed by atoms with Gasteiger partial charge in [-0.2, -0.15) is 0 Å². The van der Waals surface area contributed by atoms with Crippen LogP contribution in [0.4, 0.5) is 4.79 Å². The molecule has 1 saturated heterocycles. The quantitative estimate of drug-likeness (QED) is 0.909. The Bertz CT molecular complexity index is 724. The van der Waals surface area contributed by atoms with Gasteiger partial charge in [-0.1, -0.05) is 23.7 Å². The van der Waals surface area contributed by atoms with E-state index in [0.29, 0.717) is 37.1 Å². The van der Waals surface area contributed by atoms with Gasteiger partial charge in [0.05, 0.1) is 20.3 Å². The van der Waals surface area contributed by atoms with Crippen LogP contribution >= 0.6 is 11.6 Å². The highest BCUT2D eigenvalue weighted by molar-refractivity contribution is 6.30. The lowest BCUT2D eigenvalue weighted by molar-refractivity contribution is -0.0154. The highest BCUT2D eigenvalue weighted by Crippen LogP contribution is 2.23. The fourth-order valence-corrected chi connectivity index (χ4v) is 2.80. The lowest BCUT2D eigenvalue weighted by Gasteiger charge is -2.33. The number of nitrogens with zero attached hydrogens (tertiary/aromatic N) is 2. The molecule has 0 aliphatic carbocycles. The van der Waals surface area contributed by atoms with Gasteiger partial charge in [0.2, 0.25) is 5.88 Å². The van der Waals surface area contributed by atoms with Crippen molar-refractivity contribution in [3.05, 3.63) is 58.7 Å². The van der Waals surface area contributed by atoms with E-state index >= 15 is 0 Å². The van der Waals surface area contributed by atoms with E-state index in [9.17, 15) is 4.79 Å². The van der Waals surface area contributed by atoms with Gasteiger partial charge in [0.15, 0.2) is 0 Å². The van der Waals surface area contributed by atoms with Crippen molar-refractivity contribution in [3.8, 4) is 5.88 Å². The van der Waals surface area contributed by atoms with Gasteiger partial charge in [-0.05, 0) is 29.3 Å². The molecule has 1 unspecified atom stereocenters. The highest BCUT2D eigenvalue weighted by atomic mass is 35.5. The Morgan fingerprint density at radius 2 is 2.20 bits per heavy atom. The van der Waals surface area contributed by atoms with E-state index in [1.807, 2.05) is 30.3 Å². The Morgan fingerprint density at radius 1 is 1.40 bits per heavy atom. The molecule has 132 valence electrons. The molecule has 1 aliphatic rings. The number of pyridine rings is 1. The van der Waals surface area contributed by atoms with Crippen molar-refractivity contribution in [2.45, 2.75) is 12.6 Å². The lowest BCUT2D eigenvalue weighted by atomic mass is 10.1. The Hall–Kier alpha value is -2.31. The van der Waals surface area contributed by atoms with Crippen LogP contribution in [-0.4, -0.2) is 42.7 Å². The molecule has 1 aliphatic heterocycles. The fraction of sp³-hybridized carbons (Fsp3) is 0.333. The maximum absolute atomic E-state index is 12.4. The predicted octanol–water partition coefficient (Wildman–Crippen LogP) is 3.03. The molecule has 1 aromatic carbocycles.